The highest BCUT2D eigenvalue weighted by Crippen LogP contribution is 2.38. The van der Waals surface area contributed by atoms with E-state index in [0.29, 0.717) is 11.4 Å². The van der Waals surface area contributed by atoms with Gasteiger partial charge in [0.25, 0.3) is 5.91 Å². The van der Waals surface area contributed by atoms with Crippen LogP contribution in [0, 0.1) is 5.82 Å². The summed E-state index contributed by atoms with van der Waals surface area (Å²) in [4.78, 5) is 12.6. The van der Waals surface area contributed by atoms with Gasteiger partial charge in [0, 0.05) is 23.9 Å². The quantitative estimate of drug-likeness (QED) is 0.786. The smallest absolute Gasteiger partial charge is 0.276 e. The van der Waals surface area contributed by atoms with Crippen molar-refractivity contribution < 1.29 is 13.9 Å². The van der Waals surface area contributed by atoms with Crippen LogP contribution in [0.3, 0.4) is 0 Å². The number of nitrogens with one attached hydrogen (secondary N) is 1. The normalized spacial score (nSPS) is 12.1. The number of halogens is 1. The zero-order valence-corrected chi connectivity index (χ0v) is 12.9. The molecule has 1 aliphatic heterocycles. The molecular formula is C18H14FN3O2. The number of aromatic nitrogens is 2. The van der Waals surface area contributed by atoms with Crippen LogP contribution < -0.4 is 10.1 Å². The molecule has 0 saturated heterocycles. The Morgan fingerprint density at radius 1 is 1.21 bits per heavy atom. The lowest BCUT2D eigenvalue weighted by Gasteiger charge is -2.18. The zero-order chi connectivity index (χ0) is 16.7. The molecule has 1 N–H and O–H groups in total. The van der Waals surface area contributed by atoms with E-state index in [1.807, 2.05) is 24.3 Å². The van der Waals surface area contributed by atoms with Crippen molar-refractivity contribution in [1.29, 1.82) is 0 Å². The molecule has 0 atom stereocenters. The molecule has 1 aromatic heterocycles. The molecule has 0 fully saturated rings. The first-order valence-corrected chi connectivity index (χ1v) is 7.48. The number of hydrogen-bond donors (Lipinski definition) is 1. The third-order valence-electron chi connectivity index (χ3n) is 3.98. The van der Waals surface area contributed by atoms with Crippen LogP contribution in [0.4, 0.5) is 10.1 Å². The molecular weight excluding hydrogens is 309 g/mol. The standard InChI is InChI=1S/C18H14FN3O2/c1-22-17-13-4-2-3-5-15(13)24-10-14(17)16(21-22)18(23)20-12-8-6-11(19)7-9-12/h2-9H,10H2,1H3,(H,20,23). The van der Waals surface area contributed by atoms with Gasteiger partial charge in [0.2, 0.25) is 0 Å². The zero-order valence-electron chi connectivity index (χ0n) is 12.9. The van der Waals surface area contributed by atoms with Crippen molar-refractivity contribution in [2.24, 2.45) is 7.05 Å². The van der Waals surface area contributed by atoms with Gasteiger partial charge in [-0.3, -0.25) is 9.48 Å². The molecule has 0 aliphatic carbocycles. The Bertz CT molecular complexity index is 932. The Balaban J connectivity index is 1.71. The maximum atomic E-state index is 13.0. The van der Waals surface area contributed by atoms with E-state index in [1.165, 1.54) is 24.3 Å². The summed E-state index contributed by atoms with van der Waals surface area (Å²) in [6, 6.07) is 13.3. The Hall–Kier alpha value is -3.15. The predicted molar refractivity (Wildman–Crippen MR) is 87.3 cm³/mol. The van der Waals surface area contributed by atoms with Crippen LogP contribution >= 0.6 is 0 Å². The highest BCUT2D eigenvalue weighted by Gasteiger charge is 2.28. The molecule has 0 bridgehead atoms. The monoisotopic (exact) mass is 323 g/mol. The summed E-state index contributed by atoms with van der Waals surface area (Å²) >= 11 is 0. The Morgan fingerprint density at radius 2 is 1.96 bits per heavy atom. The van der Waals surface area contributed by atoms with Crippen molar-refractivity contribution in [3.8, 4) is 17.0 Å². The summed E-state index contributed by atoms with van der Waals surface area (Å²) in [7, 11) is 1.80. The average Bonchev–Trinajstić information content (AvgIpc) is 2.94. The van der Waals surface area contributed by atoms with Crippen molar-refractivity contribution in [3.05, 3.63) is 65.6 Å². The van der Waals surface area contributed by atoms with Crippen molar-refractivity contribution in [2.45, 2.75) is 6.61 Å². The molecule has 4 rings (SSSR count). The fourth-order valence-corrected chi connectivity index (χ4v) is 2.89. The molecule has 1 aliphatic rings. The molecule has 120 valence electrons. The van der Waals surface area contributed by atoms with Crippen LogP contribution in [0.25, 0.3) is 11.3 Å². The van der Waals surface area contributed by atoms with Crippen molar-refractivity contribution in [3.63, 3.8) is 0 Å². The van der Waals surface area contributed by atoms with Gasteiger partial charge in [-0.2, -0.15) is 5.10 Å². The largest absolute Gasteiger partial charge is 0.488 e. The van der Waals surface area contributed by atoms with Gasteiger partial charge in [0.1, 0.15) is 18.2 Å². The molecule has 24 heavy (non-hydrogen) atoms. The Kier molecular flexibility index (Phi) is 3.30. The van der Waals surface area contributed by atoms with Crippen LogP contribution in [-0.2, 0) is 13.7 Å². The number of ether oxygens (including phenoxy) is 1. The van der Waals surface area contributed by atoms with Crippen LogP contribution in [0.15, 0.2) is 48.5 Å². The minimum atomic E-state index is -0.353. The maximum absolute atomic E-state index is 13.0. The van der Waals surface area contributed by atoms with E-state index in [1.54, 1.807) is 11.7 Å². The summed E-state index contributed by atoms with van der Waals surface area (Å²) in [5.41, 5.74) is 3.36. The van der Waals surface area contributed by atoms with Crippen molar-refractivity contribution in [1.82, 2.24) is 9.78 Å². The molecule has 0 unspecified atom stereocenters. The number of carbonyl (C=O) groups excluding carboxylic acids is 1. The molecule has 6 heteroatoms. The fraction of sp³-hybridized carbons (Fsp3) is 0.111. The van der Waals surface area contributed by atoms with E-state index in [9.17, 15) is 9.18 Å². The number of benzene rings is 2. The van der Waals surface area contributed by atoms with Crippen molar-refractivity contribution >= 4 is 11.6 Å². The number of carbonyl (C=O) groups is 1. The predicted octanol–water partition coefficient (Wildman–Crippen LogP) is 3.37. The van der Waals surface area contributed by atoms with Gasteiger partial charge in [0.05, 0.1) is 5.69 Å². The number of nitrogens with zero attached hydrogens (tertiary/aromatic N) is 2. The van der Waals surface area contributed by atoms with Gasteiger partial charge >= 0.3 is 0 Å². The van der Waals surface area contributed by atoms with E-state index < -0.39 is 0 Å². The Labute approximate surface area is 137 Å². The van der Waals surface area contributed by atoms with E-state index in [0.717, 1.165) is 22.6 Å². The lowest BCUT2D eigenvalue weighted by atomic mass is 10.0. The molecule has 0 spiro atoms. The van der Waals surface area contributed by atoms with E-state index >= 15 is 0 Å². The number of para-hydroxylation sites is 1. The second-order valence-electron chi connectivity index (χ2n) is 5.55. The highest BCUT2D eigenvalue weighted by atomic mass is 19.1. The lowest BCUT2D eigenvalue weighted by Crippen LogP contribution is -2.16. The van der Waals surface area contributed by atoms with Crippen LogP contribution in [0.1, 0.15) is 16.1 Å². The molecule has 1 amide bonds. The summed E-state index contributed by atoms with van der Waals surface area (Å²) in [5, 5.41) is 7.09. The SMILES string of the molecule is Cn1nc(C(=O)Nc2ccc(F)cc2)c2c1-c1ccccc1OC2. The first-order chi connectivity index (χ1) is 11.6. The third kappa shape index (κ3) is 2.32. The van der Waals surface area contributed by atoms with Gasteiger partial charge < -0.3 is 10.1 Å². The fourth-order valence-electron chi connectivity index (χ4n) is 2.89. The van der Waals surface area contributed by atoms with Gasteiger partial charge in [-0.15, -0.1) is 0 Å². The molecule has 3 aromatic rings. The highest BCUT2D eigenvalue weighted by molar-refractivity contribution is 6.05. The topological polar surface area (TPSA) is 56.2 Å². The first kappa shape index (κ1) is 14.4. The first-order valence-electron chi connectivity index (χ1n) is 7.48. The van der Waals surface area contributed by atoms with Gasteiger partial charge in [-0.1, -0.05) is 12.1 Å². The second-order valence-corrected chi connectivity index (χ2v) is 5.55. The lowest BCUT2D eigenvalue weighted by molar-refractivity contribution is 0.101. The average molecular weight is 323 g/mol. The minimum absolute atomic E-state index is 0.284. The van der Waals surface area contributed by atoms with Crippen LogP contribution in [0.5, 0.6) is 5.75 Å². The number of hydrogen-bond acceptors (Lipinski definition) is 3. The van der Waals surface area contributed by atoms with Gasteiger partial charge in [-0.25, -0.2) is 4.39 Å². The molecule has 0 radical (unpaired) electrons. The summed E-state index contributed by atoms with van der Waals surface area (Å²) in [6.07, 6.45) is 0. The van der Waals surface area contributed by atoms with Crippen LogP contribution in [-0.4, -0.2) is 15.7 Å². The van der Waals surface area contributed by atoms with Crippen molar-refractivity contribution in [2.75, 3.05) is 5.32 Å². The number of aryl methyl sites for hydroxylation is 1. The molecule has 5 nitrogen and oxygen atoms in total. The molecule has 2 aromatic carbocycles. The number of rotatable bonds is 2. The Morgan fingerprint density at radius 3 is 2.75 bits per heavy atom. The summed E-state index contributed by atoms with van der Waals surface area (Å²) in [6.45, 7) is 0.284. The number of anilines is 1. The number of amides is 1. The second kappa shape index (κ2) is 5.49. The maximum Gasteiger partial charge on any atom is 0.276 e. The van der Waals surface area contributed by atoms with E-state index in [-0.39, 0.29) is 18.3 Å². The van der Waals surface area contributed by atoms with Gasteiger partial charge in [-0.05, 0) is 36.4 Å². The molecule has 2 heterocycles. The minimum Gasteiger partial charge on any atom is -0.488 e. The summed E-state index contributed by atoms with van der Waals surface area (Å²) in [5.74, 6) is 0.0770. The summed E-state index contributed by atoms with van der Waals surface area (Å²) < 4.78 is 20.4. The van der Waals surface area contributed by atoms with Crippen LogP contribution in [0.2, 0.25) is 0 Å². The number of fused-ring (bicyclic) bond motifs is 3. The van der Waals surface area contributed by atoms with Gasteiger partial charge in [0.15, 0.2) is 5.69 Å². The third-order valence-corrected chi connectivity index (χ3v) is 3.98. The van der Waals surface area contributed by atoms with E-state index in [2.05, 4.69) is 10.4 Å². The van der Waals surface area contributed by atoms with E-state index in [4.69, 9.17) is 4.74 Å². The molecule has 0 saturated carbocycles.